The molecule has 0 fully saturated rings. The van der Waals surface area contributed by atoms with Gasteiger partial charge in [-0.3, -0.25) is 16.0 Å². The molecule has 21 heavy (non-hydrogen) atoms. The van der Waals surface area contributed by atoms with Crippen LogP contribution in [0.3, 0.4) is 0 Å². The highest BCUT2D eigenvalue weighted by atomic mass is 32.2. The minimum Gasteiger partial charge on any atom is -0.318 e. The molecule has 1 atom stereocenters. The van der Waals surface area contributed by atoms with Gasteiger partial charge >= 0.3 is 0 Å². The maximum Gasteiger partial charge on any atom is 0.293 e. The zero-order valence-corrected chi connectivity index (χ0v) is 13.0. The molecule has 0 bridgehead atoms. The van der Waals surface area contributed by atoms with E-state index in [1.807, 2.05) is 20.8 Å². The van der Waals surface area contributed by atoms with Gasteiger partial charge in [-0.25, -0.2) is 13.1 Å². The summed E-state index contributed by atoms with van der Waals surface area (Å²) in [6, 6.07) is 3.24. The average molecular weight is 316 g/mol. The lowest BCUT2D eigenvalue weighted by atomic mass is 10.0. The first-order valence-electron chi connectivity index (χ1n) is 6.50. The van der Waals surface area contributed by atoms with Gasteiger partial charge in [0.2, 0.25) is 10.0 Å². The normalized spacial score (nSPS) is 13.2. The van der Waals surface area contributed by atoms with E-state index in [4.69, 9.17) is 5.84 Å². The van der Waals surface area contributed by atoms with Crippen molar-refractivity contribution in [1.29, 1.82) is 0 Å². The number of hydrazine groups is 1. The molecule has 0 aliphatic heterocycles. The summed E-state index contributed by atoms with van der Waals surface area (Å²) >= 11 is 0. The van der Waals surface area contributed by atoms with Crippen LogP contribution in [-0.2, 0) is 10.0 Å². The number of anilines is 1. The van der Waals surface area contributed by atoms with E-state index in [1.165, 1.54) is 6.07 Å². The van der Waals surface area contributed by atoms with E-state index in [0.717, 1.165) is 12.1 Å². The first-order valence-corrected chi connectivity index (χ1v) is 7.98. The molecule has 0 spiro atoms. The van der Waals surface area contributed by atoms with Gasteiger partial charge in [-0.05, 0) is 24.5 Å². The van der Waals surface area contributed by atoms with E-state index in [0.29, 0.717) is 6.42 Å². The lowest BCUT2D eigenvalue weighted by Crippen LogP contribution is -2.38. The molecule has 0 saturated heterocycles. The number of nitrogens with zero attached hydrogens (tertiary/aromatic N) is 1. The van der Waals surface area contributed by atoms with Crippen molar-refractivity contribution in [3.8, 4) is 0 Å². The van der Waals surface area contributed by atoms with Crippen molar-refractivity contribution < 1.29 is 13.3 Å². The predicted molar refractivity (Wildman–Crippen MR) is 80.1 cm³/mol. The lowest BCUT2D eigenvalue weighted by molar-refractivity contribution is -0.384. The summed E-state index contributed by atoms with van der Waals surface area (Å²) in [5.41, 5.74) is 1.81. The van der Waals surface area contributed by atoms with E-state index < -0.39 is 14.9 Å². The molecule has 0 amide bonds. The number of nitrogen functional groups attached to an aromatic ring is 1. The first kappa shape index (κ1) is 17.3. The van der Waals surface area contributed by atoms with Gasteiger partial charge in [-0.2, -0.15) is 0 Å². The third kappa shape index (κ3) is 4.13. The summed E-state index contributed by atoms with van der Waals surface area (Å²) in [4.78, 5) is 10.1. The largest absolute Gasteiger partial charge is 0.318 e. The van der Waals surface area contributed by atoms with E-state index in [-0.39, 0.29) is 28.2 Å². The molecule has 1 rings (SSSR count). The Hall–Kier alpha value is -1.71. The van der Waals surface area contributed by atoms with Crippen molar-refractivity contribution in [3.05, 3.63) is 28.3 Å². The van der Waals surface area contributed by atoms with E-state index in [2.05, 4.69) is 10.1 Å². The third-order valence-corrected chi connectivity index (χ3v) is 4.67. The van der Waals surface area contributed by atoms with Gasteiger partial charge in [-0.1, -0.05) is 20.8 Å². The number of rotatable bonds is 7. The van der Waals surface area contributed by atoms with E-state index in [9.17, 15) is 18.5 Å². The Labute approximate surface area is 123 Å². The molecule has 1 aromatic rings. The van der Waals surface area contributed by atoms with Crippen LogP contribution in [-0.4, -0.2) is 19.4 Å². The molecule has 0 saturated carbocycles. The van der Waals surface area contributed by atoms with Gasteiger partial charge < -0.3 is 5.43 Å². The lowest BCUT2D eigenvalue weighted by Gasteiger charge is -2.20. The first-order chi connectivity index (χ1) is 9.72. The van der Waals surface area contributed by atoms with Crippen molar-refractivity contribution in [2.75, 3.05) is 5.43 Å². The van der Waals surface area contributed by atoms with E-state index in [1.54, 1.807) is 0 Å². The Bertz CT molecular complexity index is 616. The summed E-state index contributed by atoms with van der Waals surface area (Å²) < 4.78 is 27.2. The van der Waals surface area contributed by atoms with Crippen LogP contribution >= 0.6 is 0 Å². The second kappa shape index (κ2) is 6.83. The van der Waals surface area contributed by atoms with Gasteiger partial charge in [0.25, 0.3) is 5.69 Å². The van der Waals surface area contributed by atoms with Crippen LogP contribution < -0.4 is 16.0 Å². The quantitative estimate of drug-likeness (QED) is 0.398. The summed E-state index contributed by atoms with van der Waals surface area (Å²) in [6.45, 7) is 5.72. The Morgan fingerprint density at radius 1 is 1.38 bits per heavy atom. The zero-order chi connectivity index (χ0) is 16.2. The van der Waals surface area contributed by atoms with Crippen molar-refractivity contribution in [2.24, 2.45) is 11.8 Å². The van der Waals surface area contributed by atoms with Crippen molar-refractivity contribution in [1.82, 2.24) is 4.72 Å². The summed E-state index contributed by atoms with van der Waals surface area (Å²) in [5, 5.41) is 10.8. The fourth-order valence-corrected chi connectivity index (χ4v) is 3.41. The number of nitro groups is 1. The van der Waals surface area contributed by atoms with Crippen LogP contribution in [0.4, 0.5) is 11.4 Å². The molecule has 0 heterocycles. The highest BCUT2D eigenvalue weighted by molar-refractivity contribution is 7.89. The highest BCUT2D eigenvalue weighted by Crippen LogP contribution is 2.26. The minimum atomic E-state index is -3.76. The van der Waals surface area contributed by atoms with Crippen molar-refractivity contribution in [2.45, 2.75) is 38.1 Å². The molecule has 8 nitrogen and oxygen atoms in total. The molecule has 0 aliphatic carbocycles. The number of nitrogens with two attached hydrogens (primary N) is 1. The van der Waals surface area contributed by atoms with Crippen LogP contribution in [0, 0.1) is 16.0 Å². The monoisotopic (exact) mass is 316 g/mol. The van der Waals surface area contributed by atoms with Crippen LogP contribution in [0.25, 0.3) is 0 Å². The fourth-order valence-electron chi connectivity index (χ4n) is 1.92. The third-order valence-electron chi connectivity index (χ3n) is 3.18. The number of hydrogen-bond acceptors (Lipinski definition) is 6. The average Bonchev–Trinajstić information content (AvgIpc) is 2.43. The number of benzene rings is 1. The van der Waals surface area contributed by atoms with Gasteiger partial charge in [0.15, 0.2) is 0 Å². The van der Waals surface area contributed by atoms with Crippen molar-refractivity contribution >= 4 is 21.4 Å². The molecule has 0 aliphatic rings. The maximum absolute atomic E-state index is 12.3. The molecular formula is C12H20N4O4S. The van der Waals surface area contributed by atoms with Gasteiger partial charge in [0.1, 0.15) is 5.69 Å². The van der Waals surface area contributed by atoms with Crippen LogP contribution in [0.1, 0.15) is 27.2 Å². The number of sulfonamides is 1. The Kier molecular flexibility index (Phi) is 5.64. The summed E-state index contributed by atoms with van der Waals surface area (Å²) in [5.74, 6) is 5.34. The minimum absolute atomic E-state index is 0.0551. The molecule has 9 heteroatoms. The predicted octanol–water partition coefficient (Wildman–Crippen LogP) is 1.59. The SMILES string of the molecule is CCC(NS(=O)(=O)c1ccc([N+](=O)[O-])c(NN)c1)C(C)C. The maximum atomic E-state index is 12.3. The molecule has 4 N–H and O–H groups in total. The van der Waals surface area contributed by atoms with Gasteiger partial charge in [0.05, 0.1) is 9.82 Å². The fraction of sp³-hybridized carbons (Fsp3) is 0.500. The summed E-state index contributed by atoms with van der Waals surface area (Å²) in [7, 11) is -3.76. The molecule has 0 aromatic heterocycles. The second-order valence-electron chi connectivity index (χ2n) is 4.96. The number of nitro benzene ring substituents is 1. The topological polar surface area (TPSA) is 127 Å². The zero-order valence-electron chi connectivity index (χ0n) is 12.2. The Morgan fingerprint density at radius 3 is 2.43 bits per heavy atom. The number of nitrogens with one attached hydrogen (secondary N) is 2. The van der Waals surface area contributed by atoms with Crippen LogP contribution in [0.5, 0.6) is 0 Å². The van der Waals surface area contributed by atoms with Gasteiger partial charge in [-0.15, -0.1) is 0 Å². The van der Waals surface area contributed by atoms with Crippen LogP contribution in [0.2, 0.25) is 0 Å². The molecule has 1 aromatic carbocycles. The second-order valence-corrected chi connectivity index (χ2v) is 6.67. The Morgan fingerprint density at radius 2 is 2.00 bits per heavy atom. The molecule has 118 valence electrons. The van der Waals surface area contributed by atoms with Crippen molar-refractivity contribution in [3.63, 3.8) is 0 Å². The summed E-state index contributed by atoms with van der Waals surface area (Å²) in [6.07, 6.45) is 0.645. The van der Waals surface area contributed by atoms with Crippen LogP contribution in [0.15, 0.2) is 23.1 Å². The molecule has 0 radical (unpaired) electrons. The van der Waals surface area contributed by atoms with E-state index >= 15 is 0 Å². The van der Waals surface area contributed by atoms with Gasteiger partial charge in [0, 0.05) is 12.1 Å². The number of hydrogen-bond donors (Lipinski definition) is 3. The molecule has 1 unspecified atom stereocenters. The smallest absolute Gasteiger partial charge is 0.293 e. The Balaban J connectivity index is 3.17. The highest BCUT2D eigenvalue weighted by Gasteiger charge is 2.23. The molecular weight excluding hydrogens is 296 g/mol. The standard InChI is InChI=1S/C12H20N4O4S/c1-4-10(8(2)3)15-21(19,20)9-5-6-12(16(17)18)11(7-9)14-13/h5-8,10,14-15H,4,13H2,1-3H3.